The predicted octanol–water partition coefficient (Wildman–Crippen LogP) is -3.12. The molecule has 2 aliphatic rings. The monoisotopic (exact) mass is 238 g/mol. The number of hydrogen-bond donors (Lipinski definition) is 1. The first-order valence-electron chi connectivity index (χ1n) is 4.27. The zero-order valence-electron chi connectivity index (χ0n) is 7.55. The van der Waals surface area contributed by atoms with Crippen LogP contribution in [0.25, 0.3) is 0 Å². The standard InChI is InChI=1S/C8H13N2O.Rb/c11-6-10-4-3-7-1-2-8(5-10)9-7;/h7-9H,1-5H2;/q-1;+1. The van der Waals surface area contributed by atoms with Gasteiger partial charge in [-0.05, 0) is 25.8 Å². The Morgan fingerprint density at radius 2 is 2.00 bits per heavy atom. The third-order valence-corrected chi connectivity index (χ3v) is 2.65. The average molecular weight is 239 g/mol. The van der Waals surface area contributed by atoms with Crippen molar-refractivity contribution in [3.8, 4) is 0 Å². The van der Waals surface area contributed by atoms with E-state index in [0.29, 0.717) is 12.1 Å². The zero-order valence-corrected chi connectivity index (χ0v) is 12.5. The predicted molar refractivity (Wildman–Crippen MR) is 41.8 cm³/mol. The van der Waals surface area contributed by atoms with Gasteiger partial charge in [-0.15, -0.1) is 0 Å². The summed E-state index contributed by atoms with van der Waals surface area (Å²) >= 11 is 0. The average Bonchev–Trinajstić information content (AvgIpc) is 2.31. The molecule has 1 N–H and O–H groups in total. The molecule has 0 aromatic heterocycles. The van der Waals surface area contributed by atoms with Crippen molar-refractivity contribution in [1.29, 1.82) is 0 Å². The maximum atomic E-state index is 10.4. The summed E-state index contributed by atoms with van der Waals surface area (Å²) in [6, 6.07) is 1.21. The molecule has 1 amide bonds. The molecule has 2 aliphatic heterocycles. The van der Waals surface area contributed by atoms with E-state index >= 15 is 0 Å². The third-order valence-electron chi connectivity index (χ3n) is 2.65. The molecule has 12 heavy (non-hydrogen) atoms. The Labute approximate surface area is 122 Å². The molecule has 0 radical (unpaired) electrons. The quantitative estimate of drug-likeness (QED) is 0.491. The molecule has 4 heteroatoms. The molecule has 0 aliphatic carbocycles. The van der Waals surface area contributed by atoms with Crippen molar-refractivity contribution < 1.29 is 63.0 Å². The van der Waals surface area contributed by atoms with Gasteiger partial charge in [-0.1, -0.05) is 0 Å². The van der Waals surface area contributed by atoms with Gasteiger partial charge in [-0.25, -0.2) is 0 Å². The van der Waals surface area contributed by atoms with E-state index in [9.17, 15) is 4.79 Å². The van der Waals surface area contributed by atoms with Crippen LogP contribution < -0.4 is 63.5 Å². The summed E-state index contributed by atoms with van der Waals surface area (Å²) in [5, 5.41) is 3.50. The molecule has 2 fully saturated rings. The first-order chi connectivity index (χ1) is 5.38. The largest absolute Gasteiger partial charge is 1.00 e. The van der Waals surface area contributed by atoms with Crippen LogP contribution in [0.2, 0.25) is 0 Å². The second kappa shape index (κ2) is 5.20. The fraction of sp³-hybridized carbons (Fsp3) is 0.875. The number of rotatable bonds is 1. The molecule has 2 unspecified atom stereocenters. The Bertz CT molecular complexity index is 165. The maximum Gasteiger partial charge on any atom is 1.00 e. The minimum atomic E-state index is 0. The van der Waals surface area contributed by atoms with E-state index in [0.717, 1.165) is 19.5 Å². The Morgan fingerprint density at radius 3 is 2.75 bits per heavy atom. The van der Waals surface area contributed by atoms with Crippen LogP contribution in [0.3, 0.4) is 0 Å². The van der Waals surface area contributed by atoms with Crippen LogP contribution in [0, 0.1) is 0 Å². The van der Waals surface area contributed by atoms with Crippen LogP contribution in [0.15, 0.2) is 0 Å². The van der Waals surface area contributed by atoms with Crippen LogP contribution >= 0.6 is 0 Å². The minimum Gasteiger partial charge on any atom is -0.520 e. The number of nitrogens with one attached hydrogen (secondary N) is 1. The molecule has 0 spiro atoms. The second-order valence-electron chi connectivity index (χ2n) is 3.46. The van der Waals surface area contributed by atoms with Gasteiger partial charge in [0.05, 0.1) is 0 Å². The number of nitrogens with zero attached hydrogens (tertiary/aromatic N) is 1. The van der Waals surface area contributed by atoms with Crippen LogP contribution in [-0.4, -0.2) is 36.5 Å². The number of amides is 1. The van der Waals surface area contributed by atoms with Crippen molar-refractivity contribution in [3.05, 3.63) is 0 Å². The Balaban J connectivity index is 0.000000720. The van der Waals surface area contributed by atoms with Crippen molar-refractivity contribution in [2.45, 2.75) is 31.3 Å². The van der Waals surface area contributed by atoms with Gasteiger partial charge in [-0.2, -0.15) is 6.41 Å². The molecule has 3 nitrogen and oxygen atoms in total. The van der Waals surface area contributed by atoms with E-state index < -0.39 is 0 Å². The van der Waals surface area contributed by atoms with E-state index in [1.165, 1.54) is 12.8 Å². The smallest absolute Gasteiger partial charge is 0.520 e. The molecule has 2 atom stereocenters. The minimum absolute atomic E-state index is 0. The Morgan fingerprint density at radius 1 is 1.25 bits per heavy atom. The summed E-state index contributed by atoms with van der Waals surface area (Å²) in [6.45, 7) is 1.75. The molecule has 2 rings (SSSR count). The Hall–Kier alpha value is 1.24. The summed E-state index contributed by atoms with van der Waals surface area (Å²) in [7, 11) is 0. The zero-order chi connectivity index (χ0) is 7.68. The van der Waals surface area contributed by atoms with Gasteiger partial charge in [0.15, 0.2) is 0 Å². The van der Waals surface area contributed by atoms with Crippen molar-refractivity contribution in [2.24, 2.45) is 0 Å². The van der Waals surface area contributed by atoms with E-state index in [4.69, 9.17) is 0 Å². The van der Waals surface area contributed by atoms with Crippen molar-refractivity contribution in [1.82, 2.24) is 10.2 Å². The van der Waals surface area contributed by atoms with Crippen LogP contribution in [0.4, 0.5) is 0 Å². The van der Waals surface area contributed by atoms with E-state index in [1.807, 2.05) is 6.41 Å². The molecule has 2 heterocycles. The van der Waals surface area contributed by atoms with Crippen molar-refractivity contribution >= 4 is 6.41 Å². The van der Waals surface area contributed by atoms with Crippen LogP contribution in [0.5, 0.6) is 0 Å². The molecule has 2 bridgehead atoms. The third kappa shape index (κ3) is 2.61. The van der Waals surface area contributed by atoms with Gasteiger partial charge < -0.3 is 15.0 Å². The number of likely N-dealkylation sites (tertiary alicyclic amines) is 1. The van der Waals surface area contributed by atoms with Crippen LogP contribution in [0.1, 0.15) is 19.3 Å². The van der Waals surface area contributed by atoms with E-state index in [-0.39, 0.29) is 58.2 Å². The summed E-state index contributed by atoms with van der Waals surface area (Å²) in [4.78, 5) is 12.1. The second-order valence-corrected chi connectivity index (χ2v) is 3.46. The molecular formula is C8H13N2ORb. The SMILES string of the molecule is O=[C-]N1CCC2CCC(C1)N2.[Rb+]. The maximum absolute atomic E-state index is 10.4. The summed E-state index contributed by atoms with van der Waals surface area (Å²) in [5.74, 6) is 0. The van der Waals surface area contributed by atoms with Gasteiger partial charge in [0.2, 0.25) is 0 Å². The summed E-state index contributed by atoms with van der Waals surface area (Å²) < 4.78 is 0. The van der Waals surface area contributed by atoms with E-state index in [1.54, 1.807) is 4.90 Å². The summed E-state index contributed by atoms with van der Waals surface area (Å²) in [5.41, 5.74) is 0. The topological polar surface area (TPSA) is 32.3 Å². The molecule has 2 saturated heterocycles. The molecule has 0 saturated carbocycles. The molecule has 0 aromatic rings. The fourth-order valence-corrected chi connectivity index (χ4v) is 2.03. The number of fused-ring (bicyclic) bond motifs is 2. The van der Waals surface area contributed by atoms with Gasteiger partial charge >= 0.3 is 58.2 Å². The molecule has 0 aromatic carbocycles. The van der Waals surface area contributed by atoms with E-state index in [2.05, 4.69) is 5.32 Å². The normalized spacial score (nSPS) is 33.8. The van der Waals surface area contributed by atoms with Crippen LogP contribution in [-0.2, 0) is 4.79 Å². The fourth-order valence-electron chi connectivity index (χ4n) is 2.03. The van der Waals surface area contributed by atoms with Gasteiger partial charge in [0.25, 0.3) is 0 Å². The van der Waals surface area contributed by atoms with Gasteiger partial charge in [0.1, 0.15) is 0 Å². The van der Waals surface area contributed by atoms with Gasteiger partial charge in [0, 0.05) is 18.6 Å². The van der Waals surface area contributed by atoms with Crippen molar-refractivity contribution in [3.63, 3.8) is 0 Å². The molecular weight excluding hydrogens is 226 g/mol. The first kappa shape index (κ1) is 11.3. The number of hydrogen-bond acceptors (Lipinski definition) is 2. The Kier molecular flexibility index (Phi) is 4.90. The first-order valence-corrected chi connectivity index (χ1v) is 4.27. The van der Waals surface area contributed by atoms with Crippen molar-refractivity contribution in [2.75, 3.05) is 13.1 Å². The number of carbonyl (C=O) groups excluding carboxylic acids is 1. The molecule has 62 valence electrons. The van der Waals surface area contributed by atoms with Gasteiger partial charge in [-0.3, -0.25) is 0 Å². The summed E-state index contributed by atoms with van der Waals surface area (Å²) in [6.07, 6.45) is 5.59.